The molecule has 0 aliphatic heterocycles. The Labute approximate surface area is 81.5 Å². The summed E-state index contributed by atoms with van der Waals surface area (Å²) in [7, 11) is 0. The molecule has 1 atom stereocenters. The minimum absolute atomic E-state index is 0.256. The minimum Gasteiger partial charge on any atom is -0.392 e. The predicted octanol–water partition coefficient (Wildman–Crippen LogP) is 2.73. The van der Waals surface area contributed by atoms with E-state index in [1.807, 2.05) is 0 Å². The molecule has 0 heterocycles. The van der Waals surface area contributed by atoms with Crippen molar-refractivity contribution in [3.8, 4) is 12.3 Å². The molecule has 0 spiro atoms. The van der Waals surface area contributed by atoms with Crippen LogP contribution in [0.25, 0.3) is 0 Å². The van der Waals surface area contributed by atoms with E-state index in [4.69, 9.17) is 6.42 Å². The summed E-state index contributed by atoms with van der Waals surface area (Å²) >= 11 is 0. The zero-order valence-corrected chi connectivity index (χ0v) is 8.34. The lowest BCUT2D eigenvalue weighted by Gasteiger charge is -2.16. The van der Waals surface area contributed by atoms with Gasteiger partial charge in [-0.3, -0.25) is 0 Å². The highest BCUT2D eigenvalue weighted by Gasteiger charge is 2.15. The van der Waals surface area contributed by atoms with Gasteiger partial charge < -0.3 is 5.11 Å². The Morgan fingerprint density at radius 2 is 1.85 bits per heavy atom. The third kappa shape index (κ3) is 4.33. The summed E-state index contributed by atoms with van der Waals surface area (Å²) in [6.45, 7) is 0. The molecule has 0 aromatic carbocycles. The van der Waals surface area contributed by atoms with Gasteiger partial charge >= 0.3 is 0 Å². The van der Waals surface area contributed by atoms with E-state index in [1.54, 1.807) is 0 Å². The first-order chi connectivity index (χ1) is 6.33. The Bertz CT molecular complexity index is 160. The van der Waals surface area contributed by atoms with Crippen molar-refractivity contribution >= 4 is 0 Å². The van der Waals surface area contributed by atoms with E-state index < -0.39 is 0 Å². The first-order valence-electron chi connectivity index (χ1n) is 5.44. The number of rotatable bonds is 3. The van der Waals surface area contributed by atoms with Gasteiger partial charge in [0.1, 0.15) is 0 Å². The lowest BCUT2D eigenvalue weighted by atomic mass is 9.93. The topological polar surface area (TPSA) is 20.2 Å². The fraction of sp³-hybridized carbons (Fsp3) is 0.833. The van der Waals surface area contributed by atoms with Crippen LogP contribution in [0.4, 0.5) is 0 Å². The Morgan fingerprint density at radius 3 is 2.38 bits per heavy atom. The Balaban J connectivity index is 2.22. The van der Waals surface area contributed by atoms with Crippen molar-refractivity contribution in [2.24, 2.45) is 5.92 Å². The van der Waals surface area contributed by atoms with Crippen LogP contribution in [0.1, 0.15) is 51.4 Å². The summed E-state index contributed by atoms with van der Waals surface area (Å²) in [6, 6.07) is 0. The summed E-state index contributed by atoms with van der Waals surface area (Å²) in [4.78, 5) is 0. The molecule has 1 aliphatic rings. The summed E-state index contributed by atoms with van der Waals surface area (Å²) in [5.74, 6) is 3.25. The fourth-order valence-electron chi connectivity index (χ4n) is 2.20. The van der Waals surface area contributed by atoms with Crippen LogP contribution in [0, 0.1) is 18.3 Å². The van der Waals surface area contributed by atoms with Crippen LogP contribution in [0.15, 0.2) is 0 Å². The molecule has 1 nitrogen and oxygen atoms in total. The molecule has 0 amide bonds. The van der Waals surface area contributed by atoms with E-state index in [2.05, 4.69) is 5.92 Å². The van der Waals surface area contributed by atoms with Crippen LogP contribution < -0.4 is 0 Å². The van der Waals surface area contributed by atoms with Gasteiger partial charge in [0.2, 0.25) is 0 Å². The monoisotopic (exact) mass is 180 g/mol. The largest absolute Gasteiger partial charge is 0.392 e. The van der Waals surface area contributed by atoms with Crippen LogP contribution >= 0.6 is 0 Å². The van der Waals surface area contributed by atoms with Crippen LogP contribution in [-0.2, 0) is 0 Å². The van der Waals surface area contributed by atoms with E-state index in [-0.39, 0.29) is 6.10 Å². The smallest absolute Gasteiger partial charge is 0.0651 e. The summed E-state index contributed by atoms with van der Waals surface area (Å²) in [5.41, 5.74) is 0. The summed E-state index contributed by atoms with van der Waals surface area (Å²) < 4.78 is 0. The number of hydrogen-bond donors (Lipinski definition) is 1. The second-order valence-corrected chi connectivity index (χ2v) is 4.16. The summed E-state index contributed by atoms with van der Waals surface area (Å²) in [6.07, 6.45) is 14.4. The molecule has 0 aromatic heterocycles. The van der Waals surface area contributed by atoms with Gasteiger partial charge in [-0.1, -0.05) is 38.5 Å². The maximum absolute atomic E-state index is 9.55. The van der Waals surface area contributed by atoms with Crippen molar-refractivity contribution in [2.45, 2.75) is 57.5 Å². The molecule has 13 heavy (non-hydrogen) atoms. The molecule has 1 fully saturated rings. The van der Waals surface area contributed by atoms with E-state index in [0.29, 0.717) is 6.42 Å². The first-order valence-corrected chi connectivity index (χ1v) is 5.44. The highest BCUT2D eigenvalue weighted by Crippen LogP contribution is 2.26. The van der Waals surface area contributed by atoms with Crippen molar-refractivity contribution < 1.29 is 5.11 Å². The molecular formula is C12H20O. The maximum atomic E-state index is 9.55. The lowest BCUT2D eigenvalue weighted by molar-refractivity contribution is 0.142. The van der Waals surface area contributed by atoms with E-state index in [1.165, 1.54) is 38.5 Å². The summed E-state index contributed by atoms with van der Waals surface area (Å²) in [5, 5.41) is 9.55. The van der Waals surface area contributed by atoms with Gasteiger partial charge in [-0.2, -0.15) is 0 Å². The number of aliphatic hydroxyl groups excluding tert-OH is 1. The van der Waals surface area contributed by atoms with Crippen molar-refractivity contribution in [3.05, 3.63) is 0 Å². The molecule has 1 heteroatoms. The van der Waals surface area contributed by atoms with Crippen molar-refractivity contribution in [1.29, 1.82) is 0 Å². The van der Waals surface area contributed by atoms with Crippen molar-refractivity contribution in [2.75, 3.05) is 0 Å². The highest BCUT2D eigenvalue weighted by molar-refractivity contribution is 4.87. The van der Waals surface area contributed by atoms with E-state index in [0.717, 1.165) is 12.3 Å². The second kappa shape index (κ2) is 6.05. The molecule has 1 saturated carbocycles. The molecular weight excluding hydrogens is 160 g/mol. The maximum Gasteiger partial charge on any atom is 0.0651 e. The van der Waals surface area contributed by atoms with Gasteiger partial charge in [-0.25, -0.2) is 0 Å². The molecule has 74 valence electrons. The third-order valence-corrected chi connectivity index (χ3v) is 2.93. The first kappa shape index (κ1) is 10.6. The van der Waals surface area contributed by atoms with Gasteiger partial charge in [0.15, 0.2) is 0 Å². The third-order valence-electron chi connectivity index (χ3n) is 2.93. The normalized spacial score (nSPS) is 21.8. The minimum atomic E-state index is -0.256. The van der Waals surface area contributed by atoms with Crippen molar-refractivity contribution in [1.82, 2.24) is 0 Å². The molecule has 1 rings (SSSR count). The SMILES string of the molecule is C#CCC(O)CC1CCCCCC1. The van der Waals surface area contributed by atoms with Crippen LogP contribution in [0.2, 0.25) is 0 Å². The predicted molar refractivity (Wildman–Crippen MR) is 55.3 cm³/mol. The van der Waals surface area contributed by atoms with Gasteiger partial charge in [-0.05, 0) is 12.3 Å². The van der Waals surface area contributed by atoms with Gasteiger partial charge in [0, 0.05) is 6.42 Å². The van der Waals surface area contributed by atoms with Gasteiger partial charge in [0.25, 0.3) is 0 Å². The molecule has 0 bridgehead atoms. The Hall–Kier alpha value is -0.480. The molecule has 1 aliphatic carbocycles. The van der Waals surface area contributed by atoms with Crippen LogP contribution in [0.5, 0.6) is 0 Å². The quantitative estimate of drug-likeness (QED) is 0.523. The van der Waals surface area contributed by atoms with Crippen molar-refractivity contribution in [3.63, 3.8) is 0 Å². The standard InChI is InChI=1S/C12H20O/c1-2-7-12(13)10-11-8-5-3-4-6-9-11/h1,11-13H,3-10H2. The highest BCUT2D eigenvalue weighted by atomic mass is 16.3. The Morgan fingerprint density at radius 1 is 1.23 bits per heavy atom. The zero-order valence-electron chi connectivity index (χ0n) is 8.34. The lowest BCUT2D eigenvalue weighted by Crippen LogP contribution is -2.12. The average molecular weight is 180 g/mol. The molecule has 1 N–H and O–H groups in total. The fourth-order valence-corrected chi connectivity index (χ4v) is 2.20. The van der Waals surface area contributed by atoms with Gasteiger partial charge in [0.05, 0.1) is 6.10 Å². The molecule has 0 radical (unpaired) electrons. The second-order valence-electron chi connectivity index (χ2n) is 4.16. The number of aliphatic hydroxyl groups is 1. The zero-order chi connectivity index (χ0) is 9.52. The molecule has 1 unspecified atom stereocenters. The van der Waals surface area contributed by atoms with E-state index in [9.17, 15) is 5.11 Å². The van der Waals surface area contributed by atoms with Gasteiger partial charge in [-0.15, -0.1) is 12.3 Å². The molecule has 0 aromatic rings. The molecule has 0 saturated heterocycles. The Kier molecular flexibility index (Phi) is 4.93. The van der Waals surface area contributed by atoms with Crippen LogP contribution in [-0.4, -0.2) is 11.2 Å². The average Bonchev–Trinajstić information content (AvgIpc) is 2.33. The van der Waals surface area contributed by atoms with E-state index >= 15 is 0 Å². The number of hydrogen-bond acceptors (Lipinski definition) is 1. The van der Waals surface area contributed by atoms with Crippen LogP contribution in [0.3, 0.4) is 0 Å². The number of terminal acetylenes is 1.